The molecule has 3 heterocycles. The molecule has 0 saturated carbocycles. The minimum absolute atomic E-state index is 0.0985. The number of amides is 2. The first-order valence-electron chi connectivity index (χ1n) is 8.43. The van der Waals surface area contributed by atoms with Crippen LogP contribution in [0.4, 0.5) is 15.1 Å². The number of hydrogen-bond acceptors (Lipinski definition) is 4. The van der Waals surface area contributed by atoms with Crippen molar-refractivity contribution in [3.63, 3.8) is 0 Å². The number of benzene rings is 1. The van der Waals surface area contributed by atoms with Crippen molar-refractivity contribution in [2.75, 3.05) is 10.6 Å². The van der Waals surface area contributed by atoms with Gasteiger partial charge < -0.3 is 10.6 Å². The van der Waals surface area contributed by atoms with Gasteiger partial charge in [-0.3, -0.25) is 14.6 Å². The summed E-state index contributed by atoms with van der Waals surface area (Å²) >= 11 is 1.21. The average Bonchev–Trinajstić information content (AvgIpc) is 3.00. The van der Waals surface area contributed by atoms with Crippen LogP contribution in [0.25, 0.3) is 0 Å². The van der Waals surface area contributed by atoms with Crippen molar-refractivity contribution >= 4 is 33.8 Å². The molecule has 0 radical (unpaired) electrons. The molecule has 0 bridgehead atoms. The maximum atomic E-state index is 13.9. The Morgan fingerprint density at radius 1 is 1.30 bits per heavy atom. The van der Waals surface area contributed by atoms with Gasteiger partial charge in [-0.05, 0) is 41.8 Å². The van der Waals surface area contributed by atoms with Gasteiger partial charge in [0, 0.05) is 24.7 Å². The lowest BCUT2D eigenvalue weighted by Gasteiger charge is -2.23. The number of nitrogens with one attached hydrogen (secondary N) is 2. The van der Waals surface area contributed by atoms with Gasteiger partial charge in [0.1, 0.15) is 5.82 Å². The average molecular weight is 381 g/mol. The molecule has 2 aromatic heterocycles. The van der Waals surface area contributed by atoms with Crippen molar-refractivity contribution in [1.29, 1.82) is 0 Å². The molecule has 2 N–H and O–H groups in total. The highest BCUT2D eigenvalue weighted by Crippen LogP contribution is 2.45. The summed E-state index contributed by atoms with van der Waals surface area (Å²) in [6.45, 7) is 1.85. The number of rotatable bonds is 3. The van der Waals surface area contributed by atoms with E-state index in [2.05, 4.69) is 15.6 Å². The molecule has 1 atom stereocenters. The van der Waals surface area contributed by atoms with Crippen LogP contribution >= 0.6 is 11.3 Å². The molecule has 136 valence electrons. The highest BCUT2D eigenvalue weighted by molar-refractivity contribution is 7.18. The van der Waals surface area contributed by atoms with E-state index in [4.69, 9.17) is 0 Å². The summed E-state index contributed by atoms with van der Waals surface area (Å²) in [5, 5.41) is 6.13. The summed E-state index contributed by atoms with van der Waals surface area (Å²) < 4.78 is 13.9. The van der Waals surface area contributed by atoms with Crippen molar-refractivity contribution in [1.82, 2.24) is 4.98 Å². The number of nitrogens with zero attached hydrogens (tertiary/aromatic N) is 1. The van der Waals surface area contributed by atoms with Gasteiger partial charge in [-0.25, -0.2) is 4.39 Å². The predicted molar refractivity (Wildman–Crippen MR) is 103 cm³/mol. The van der Waals surface area contributed by atoms with Crippen LogP contribution in [0, 0.1) is 12.7 Å². The number of hydrogen-bond donors (Lipinski definition) is 2. The molecule has 1 aliphatic heterocycles. The van der Waals surface area contributed by atoms with Crippen LogP contribution in [0.5, 0.6) is 0 Å². The number of aromatic nitrogens is 1. The number of anilines is 2. The molecule has 1 aromatic carbocycles. The lowest BCUT2D eigenvalue weighted by Crippen LogP contribution is -2.22. The van der Waals surface area contributed by atoms with Gasteiger partial charge >= 0.3 is 0 Å². The van der Waals surface area contributed by atoms with Crippen LogP contribution in [-0.2, 0) is 4.79 Å². The molecular weight excluding hydrogens is 365 g/mol. The Bertz CT molecular complexity index is 1030. The quantitative estimate of drug-likeness (QED) is 0.710. The Kier molecular flexibility index (Phi) is 4.45. The molecule has 0 spiro atoms. The third-order valence-electron chi connectivity index (χ3n) is 4.60. The Hall–Kier alpha value is -3.06. The van der Waals surface area contributed by atoms with Crippen LogP contribution in [0.15, 0.2) is 48.8 Å². The number of carbonyl (C=O) groups excluding carboxylic acids is 2. The second kappa shape index (κ2) is 6.92. The van der Waals surface area contributed by atoms with Crippen LogP contribution in [0.1, 0.15) is 38.7 Å². The predicted octanol–water partition coefficient (Wildman–Crippen LogP) is 4.32. The zero-order valence-corrected chi connectivity index (χ0v) is 15.3. The first-order valence-corrected chi connectivity index (χ1v) is 9.25. The normalized spacial score (nSPS) is 15.8. The van der Waals surface area contributed by atoms with Gasteiger partial charge in [0.05, 0.1) is 15.6 Å². The first-order chi connectivity index (χ1) is 13.0. The summed E-state index contributed by atoms with van der Waals surface area (Å²) in [6.07, 6.45) is 3.72. The van der Waals surface area contributed by atoms with Crippen LogP contribution < -0.4 is 10.6 Å². The third kappa shape index (κ3) is 3.21. The molecule has 0 aliphatic carbocycles. The topological polar surface area (TPSA) is 71.1 Å². The van der Waals surface area contributed by atoms with E-state index in [0.29, 0.717) is 16.3 Å². The van der Waals surface area contributed by atoms with E-state index in [9.17, 15) is 14.0 Å². The van der Waals surface area contributed by atoms with Crippen molar-refractivity contribution in [2.24, 2.45) is 0 Å². The van der Waals surface area contributed by atoms with Crippen molar-refractivity contribution in [2.45, 2.75) is 19.3 Å². The van der Waals surface area contributed by atoms with Crippen LogP contribution in [0.3, 0.4) is 0 Å². The molecule has 0 saturated heterocycles. The van der Waals surface area contributed by atoms with Crippen molar-refractivity contribution in [3.8, 4) is 0 Å². The Balaban J connectivity index is 1.72. The molecule has 0 unspecified atom stereocenters. The lowest BCUT2D eigenvalue weighted by molar-refractivity contribution is -0.116. The van der Waals surface area contributed by atoms with E-state index in [-0.39, 0.29) is 17.5 Å². The molecule has 7 heteroatoms. The van der Waals surface area contributed by atoms with Crippen LogP contribution in [-0.4, -0.2) is 16.8 Å². The number of thiophene rings is 1. The number of halogens is 1. The van der Waals surface area contributed by atoms with Gasteiger partial charge in [-0.15, -0.1) is 11.3 Å². The Labute approximate surface area is 159 Å². The summed E-state index contributed by atoms with van der Waals surface area (Å²) in [6, 6.07) is 9.78. The zero-order chi connectivity index (χ0) is 19.0. The molecule has 2 amide bonds. The summed E-state index contributed by atoms with van der Waals surface area (Å²) in [7, 11) is 0. The summed E-state index contributed by atoms with van der Waals surface area (Å²) in [5.74, 6) is -1.14. The van der Waals surface area contributed by atoms with E-state index in [1.54, 1.807) is 24.5 Å². The Morgan fingerprint density at radius 3 is 2.85 bits per heavy atom. The van der Waals surface area contributed by atoms with E-state index < -0.39 is 11.7 Å². The van der Waals surface area contributed by atoms with E-state index in [0.717, 1.165) is 16.7 Å². The van der Waals surface area contributed by atoms with Crippen LogP contribution in [0.2, 0.25) is 0 Å². The highest BCUT2D eigenvalue weighted by atomic mass is 32.1. The number of fused-ring (bicyclic) bond motifs is 1. The number of pyridine rings is 1. The van der Waals surface area contributed by atoms with Crippen molar-refractivity contribution in [3.05, 3.63) is 76.2 Å². The largest absolute Gasteiger partial charge is 0.319 e. The molecular formula is C20H16FN3O2S. The molecule has 0 fully saturated rings. The maximum absolute atomic E-state index is 13.9. The maximum Gasteiger partial charge on any atom is 0.266 e. The van der Waals surface area contributed by atoms with Gasteiger partial charge in [0.2, 0.25) is 5.91 Å². The molecule has 4 rings (SSSR count). The number of carbonyl (C=O) groups is 2. The van der Waals surface area contributed by atoms with Gasteiger partial charge in [-0.2, -0.15) is 0 Å². The summed E-state index contributed by atoms with van der Waals surface area (Å²) in [5.41, 5.74) is 2.76. The van der Waals surface area contributed by atoms with E-state index in [1.165, 1.54) is 23.5 Å². The fourth-order valence-corrected chi connectivity index (χ4v) is 4.51. The smallest absolute Gasteiger partial charge is 0.266 e. The molecule has 5 nitrogen and oxygen atoms in total. The molecule has 27 heavy (non-hydrogen) atoms. The van der Waals surface area contributed by atoms with E-state index in [1.807, 2.05) is 19.1 Å². The zero-order valence-electron chi connectivity index (χ0n) is 14.5. The molecule has 1 aliphatic rings. The van der Waals surface area contributed by atoms with Gasteiger partial charge in [-0.1, -0.05) is 18.2 Å². The fourth-order valence-electron chi connectivity index (χ4n) is 3.33. The van der Waals surface area contributed by atoms with Gasteiger partial charge in [0.25, 0.3) is 5.91 Å². The standard InChI is InChI=1S/C20H16FN3O2S/c1-11-17-13(12-5-4-8-22-10-12)9-16(25)24-20(17)27-18(11)19(26)23-15-7-3-2-6-14(15)21/h2-8,10,13H,9H2,1H3,(H,23,26)(H,24,25)/t13-/m0/s1. The first kappa shape index (κ1) is 17.4. The second-order valence-corrected chi connectivity index (χ2v) is 7.34. The second-order valence-electron chi connectivity index (χ2n) is 6.32. The minimum Gasteiger partial charge on any atom is -0.319 e. The van der Waals surface area contributed by atoms with Crippen molar-refractivity contribution < 1.29 is 14.0 Å². The van der Waals surface area contributed by atoms with Gasteiger partial charge in [0.15, 0.2) is 0 Å². The lowest BCUT2D eigenvalue weighted by atomic mass is 9.85. The Morgan fingerprint density at radius 2 is 2.11 bits per heavy atom. The highest BCUT2D eigenvalue weighted by Gasteiger charge is 2.33. The third-order valence-corrected chi connectivity index (χ3v) is 5.82. The van der Waals surface area contributed by atoms with E-state index >= 15 is 0 Å². The number of para-hydroxylation sites is 1. The minimum atomic E-state index is -0.494. The fraction of sp³-hybridized carbons (Fsp3) is 0.150. The monoisotopic (exact) mass is 381 g/mol. The summed E-state index contributed by atoms with van der Waals surface area (Å²) in [4.78, 5) is 29.5. The molecule has 3 aromatic rings. The SMILES string of the molecule is Cc1c(C(=O)Nc2ccccc2F)sc2c1[C@H](c1cccnc1)CC(=O)N2.